The summed E-state index contributed by atoms with van der Waals surface area (Å²) >= 11 is 1.70. The van der Waals surface area contributed by atoms with Crippen LogP contribution in [0.3, 0.4) is 0 Å². The molecule has 168 valence electrons. The number of aromatic nitrogens is 4. The fourth-order valence-corrected chi connectivity index (χ4v) is 6.59. The van der Waals surface area contributed by atoms with Gasteiger partial charge in [0.15, 0.2) is 5.16 Å². The van der Waals surface area contributed by atoms with Crippen LogP contribution < -0.4 is 5.56 Å². The van der Waals surface area contributed by atoms with Crippen LogP contribution in [0.1, 0.15) is 56.2 Å². The van der Waals surface area contributed by atoms with E-state index in [1.54, 1.807) is 16.3 Å². The van der Waals surface area contributed by atoms with Crippen molar-refractivity contribution in [1.29, 1.82) is 0 Å². The standard InChI is InChI=1S/C27H28N4OS/c1-17(2)33-26-29-28-25-30(20-12-10-18(3)11-13-20)24(32)22-23(31(25)26)21-9-5-4-8-19(21)16-27(22)14-6-7-15-27/h4-5,8-13,17H,6-7,14-16H2,1-3H3. The lowest BCUT2D eigenvalue weighted by Crippen LogP contribution is -2.40. The molecule has 6 rings (SSSR count). The average Bonchev–Trinajstić information content (AvgIpc) is 3.42. The smallest absolute Gasteiger partial charge is 0.263 e. The molecule has 2 aromatic heterocycles. The first-order valence-corrected chi connectivity index (χ1v) is 12.7. The largest absolute Gasteiger partial charge is 0.268 e. The second kappa shape index (κ2) is 7.59. The first-order chi connectivity index (χ1) is 16.0. The van der Waals surface area contributed by atoms with Crippen molar-refractivity contribution in [3.05, 3.63) is 75.6 Å². The van der Waals surface area contributed by atoms with Crippen molar-refractivity contribution in [2.45, 2.75) is 68.7 Å². The molecule has 1 fully saturated rings. The molecule has 0 aliphatic heterocycles. The molecule has 4 aromatic rings. The van der Waals surface area contributed by atoms with Crippen molar-refractivity contribution in [3.63, 3.8) is 0 Å². The number of hydrogen-bond acceptors (Lipinski definition) is 4. The Morgan fingerprint density at radius 1 is 1.00 bits per heavy atom. The Labute approximate surface area is 197 Å². The van der Waals surface area contributed by atoms with Gasteiger partial charge < -0.3 is 0 Å². The van der Waals surface area contributed by atoms with Crippen LogP contribution in [0.5, 0.6) is 0 Å². The van der Waals surface area contributed by atoms with Gasteiger partial charge in [-0.25, -0.2) is 4.57 Å². The number of rotatable bonds is 3. The Hall–Kier alpha value is -2.86. The van der Waals surface area contributed by atoms with Gasteiger partial charge in [0.2, 0.25) is 5.78 Å². The van der Waals surface area contributed by atoms with E-state index in [9.17, 15) is 4.79 Å². The zero-order valence-electron chi connectivity index (χ0n) is 19.3. The first-order valence-electron chi connectivity index (χ1n) is 11.9. The molecule has 0 radical (unpaired) electrons. The van der Waals surface area contributed by atoms with Crippen LogP contribution in [0.4, 0.5) is 0 Å². The summed E-state index contributed by atoms with van der Waals surface area (Å²) in [5, 5.41) is 10.4. The van der Waals surface area contributed by atoms with E-state index in [2.05, 4.69) is 71.8 Å². The predicted molar refractivity (Wildman–Crippen MR) is 134 cm³/mol. The van der Waals surface area contributed by atoms with Gasteiger partial charge in [0.25, 0.3) is 5.56 Å². The molecule has 1 spiro atoms. The van der Waals surface area contributed by atoms with E-state index in [1.807, 2.05) is 12.1 Å². The van der Waals surface area contributed by atoms with Gasteiger partial charge in [-0.1, -0.05) is 80.4 Å². The number of aryl methyl sites for hydroxylation is 1. The van der Waals surface area contributed by atoms with E-state index >= 15 is 0 Å². The highest BCUT2D eigenvalue weighted by Crippen LogP contribution is 2.50. The first kappa shape index (κ1) is 20.7. The van der Waals surface area contributed by atoms with Gasteiger partial charge in [0.05, 0.1) is 11.4 Å². The Balaban J connectivity index is 1.79. The zero-order chi connectivity index (χ0) is 22.7. The third-order valence-electron chi connectivity index (χ3n) is 7.22. The normalized spacial score (nSPS) is 16.5. The lowest BCUT2D eigenvalue weighted by molar-refractivity contribution is 0.424. The fourth-order valence-electron chi connectivity index (χ4n) is 5.80. The van der Waals surface area contributed by atoms with Crippen LogP contribution in [0.15, 0.2) is 58.5 Å². The van der Waals surface area contributed by atoms with Gasteiger partial charge >= 0.3 is 0 Å². The zero-order valence-corrected chi connectivity index (χ0v) is 20.2. The Morgan fingerprint density at radius 2 is 1.73 bits per heavy atom. The van der Waals surface area contributed by atoms with E-state index < -0.39 is 0 Å². The minimum Gasteiger partial charge on any atom is -0.268 e. The number of nitrogens with zero attached hydrogens (tertiary/aromatic N) is 4. The summed E-state index contributed by atoms with van der Waals surface area (Å²) in [7, 11) is 0. The highest BCUT2D eigenvalue weighted by atomic mass is 32.2. The summed E-state index contributed by atoms with van der Waals surface area (Å²) in [6, 6.07) is 16.7. The third kappa shape index (κ3) is 3.11. The second-order valence-electron chi connectivity index (χ2n) is 9.81. The number of fused-ring (bicyclic) bond motifs is 6. The molecule has 2 heterocycles. The topological polar surface area (TPSA) is 52.2 Å². The molecule has 0 atom stereocenters. The van der Waals surface area contributed by atoms with Crippen molar-refractivity contribution < 1.29 is 0 Å². The SMILES string of the molecule is Cc1ccc(-n2c(=O)c3c(n4c(SC(C)C)nnc24)-c2ccccc2CC32CCCC2)cc1. The van der Waals surface area contributed by atoms with Crippen LogP contribution >= 0.6 is 11.8 Å². The summed E-state index contributed by atoms with van der Waals surface area (Å²) in [4.78, 5) is 14.4. The van der Waals surface area contributed by atoms with E-state index in [0.29, 0.717) is 11.0 Å². The monoisotopic (exact) mass is 456 g/mol. The second-order valence-corrected chi connectivity index (χ2v) is 11.3. The van der Waals surface area contributed by atoms with Crippen molar-refractivity contribution in [3.8, 4) is 16.9 Å². The molecule has 1 saturated carbocycles. The van der Waals surface area contributed by atoms with Crippen molar-refractivity contribution in [2.75, 3.05) is 0 Å². The maximum absolute atomic E-state index is 14.4. The van der Waals surface area contributed by atoms with E-state index in [1.165, 1.54) is 24.0 Å². The van der Waals surface area contributed by atoms with Crippen molar-refractivity contribution in [2.24, 2.45) is 0 Å². The van der Waals surface area contributed by atoms with Crippen LogP contribution in [0, 0.1) is 6.92 Å². The molecular formula is C27H28N4OS. The maximum atomic E-state index is 14.4. The molecule has 0 saturated heterocycles. The summed E-state index contributed by atoms with van der Waals surface area (Å²) in [6.45, 7) is 6.40. The highest BCUT2D eigenvalue weighted by Gasteiger charge is 2.45. The molecule has 0 amide bonds. The van der Waals surface area contributed by atoms with Gasteiger partial charge in [0, 0.05) is 21.8 Å². The molecule has 33 heavy (non-hydrogen) atoms. The lowest BCUT2D eigenvalue weighted by Gasteiger charge is -2.37. The maximum Gasteiger partial charge on any atom is 0.263 e. The van der Waals surface area contributed by atoms with Gasteiger partial charge in [-0.15, -0.1) is 10.2 Å². The molecule has 0 unspecified atom stereocenters. The number of thioether (sulfide) groups is 1. The Kier molecular flexibility index (Phi) is 4.77. The molecule has 2 aliphatic rings. The van der Waals surface area contributed by atoms with E-state index in [0.717, 1.165) is 46.9 Å². The van der Waals surface area contributed by atoms with E-state index in [4.69, 9.17) is 0 Å². The Bertz CT molecular complexity index is 1430. The molecule has 5 nitrogen and oxygen atoms in total. The summed E-state index contributed by atoms with van der Waals surface area (Å²) < 4.78 is 3.96. The molecular weight excluding hydrogens is 428 g/mol. The highest BCUT2D eigenvalue weighted by molar-refractivity contribution is 7.99. The third-order valence-corrected chi connectivity index (χ3v) is 8.17. The predicted octanol–water partition coefficient (Wildman–Crippen LogP) is 5.72. The molecule has 2 aromatic carbocycles. The lowest BCUT2D eigenvalue weighted by atomic mass is 9.68. The summed E-state index contributed by atoms with van der Waals surface area (Å²) in [5.41, 5.74) is 6.39. The van der Waals surface area contributed by atoms with Crippen LogP contribution in [0.2, 0.25) is 0 Å². The molecule has 0 bridgehead atoms. The fraction of sp³-hybridized carbons (Fsp3) is 0.370. The van der Waals surface area contributed by atoms with E-state index in [-0.39, 0.29) is 11.0 Å². The molecule has 0 N–H and O–H groups in total. The number of benzene rings is 2. The summed E-state index contributed by atoms with van der Waals surface area (Å²) in [6.07, 6.45) is 5.37. The molecule has 2 aliphatic carbocycles. The summed E-state index contributed by atoms with van der Waals surface area (Å²) in [5.74, 6) is 0.593. The van der Waals surface area contributed by atoms with Gasteiger partial charge in [-0.2, -0.15) is 0 Å². The van der Waals surface area contributed by atoms with Crippen LogP contribution in [-0.2, 0) is 11.8 Å². The van der Waals surface area contributed by atoms with Gasteiger partial charge in [-0.3, -0.25) is 9.20 Å². The van der Waals surface area contributed by atoms with Gasteiger partial charge in [0.1, 0.15) is 0 Å². The average molecular weight is 457 g/mol. The van der Waals surface area contributed by atoms with Crippen LogP contribution in [0.25, 0.3) is 22.7 Å². The minimum absolute atomic E-state index is 0.0613. The van der Waals surface area contributed by atoms with Crippen molar-refractivity contribution in [1.82, 2.24) is 19.2 Å². The Morgan fingerprint density at radius 3 is 2.45 bits per heavy atom. The molecule has 6 heteroatoms. The van der Waals surface area contributed by atoms with Gasteiger partial charge in [-0.05, 0) is 43.9 Å². The minimum atomic E-state index is -0.120. The van der Waals surface area contributed by atoms with Crippen molar-refractivity contribution >= 4 is 17.5 Å². The number of hydrogen-bond donors (Lipinski definition) is 0. The van der Waals surface area contributed by atoms with Crippen LogP contribution in [-0.4, -0.2) is 24.4 Å². The quantitative estimate of drug-likeness (QED) is 0.370.